The molecule has 0 spiro atoms. The van der Waals surface area contributed by atoms with Crippen LogP contribution >= 0.6 is 11.6 Å². The van der Waals surface area contributed by atoms with Gasteiger partial charge in [-0.25, -0.2) is 0 Å². The van der Waals surface area contributed by atoms with Crippen LogP contribution in [0.15, 0.2) is 18.2 Å². The maximum atomic E-state index is 12.1. The summed E-state index contributed by atoms with van der Waals surface area (Å²) in [5.74, 6) is -0.403. The molecule has 0 saturated heterocycles. The van der Waals surface area contributed by atoms with E-state index in [0.29, 0.717) is 35.2 Å². The minimum atomic E-state index is -0.337. The van der Waals surface area contributed by atoms with Gasteiger partial charge in [0.05, 0.1) is 16.3 Å². The van der Waals surface area contributed by atoms with Crippen LogP contribution in [0.5, 0.6) is 11.8 Å². The summed E-state index contributed by atoms with van der Waals surface area (Å²) in [5, 5.41) is 30.4. The third-order valence-corrected chi connectivity index (χ3v) is 5.24. The van der Waals surface area contributed by atoms with Crippen LogP contribution in [0.25, 0.3) is 5.69 Å². The van der Waals surface area contributed by atoms with Gasteiger partial charge in [-0.15, -0.1) is 0 Å². The van der Waals surface area contributed by atoms with Gasteiger partial charge in [-0.3, -0.25) is 9.36 Å². The van der Waals surface area contributed by atoms with E-state index in [1.54, 1.807) is 6.07 Å². The average Bonchev–Trinajstić information content (AvgIpc) is 2.81. The molecule has 2 aromatic rings. The number of aromatic hydroxyl groups is 2. The van der Waals surface area contributed by atoms with Crippen molar-refractivity contribution in [2.75, 3.05) is 0 Å². The number of nitrogens with zero attached hydrogens (tertiary/aromatic N) is 2. The molecule has 23 heavy (non-hydrogen) atoms. The summed E-state index contributed by atoms with van der Waals surface area (Å²) in [4.78, 5) is 12.1. The van der Waals surface area contributed by atoms with Crippen LogP contribution in [-0.4, -0.2) is 20.6 Å². The van der Waals surface area contributed by atoms with Crippen molar-refractivity contribution in [2.45, 2.75) is 31.1 Å². The van der Waals surface area contributed by atoms with Crippen molar-refractivity contribution < 1.29 is 15.0 Å². The zero-order valence-electron chi connectivity index (χ0n) is 12.1. The lowest BCUT2D eigenvalue weighted by Crippen LogP contribution is -2.28. The third kappa shape index (κ3) is 1.82. The van der Waals surface area contributed by atoms with Crippen molar-refractivity contribution >= 4 is 17.4 Å². The van der Waals surface area contributed by atoms with Gasteiger partial charge in [-0.05, 0) is 37.0 Å². The van der Waals surface area contributed by atoms with E-state index in [1.807, 2.05) is 6.07 Å². The number of rotatable bonds is 1. The van der Waals surface area contributed by atoms with E-state index in [2.05, 4.69) is 0 Å². The number of fused-ring (bicyclic) bond motifs is 2. The predicted molar refractivity (Wildman–Crippen MR) is 83.2 cm³/mol. The Labute approximate surface area is 137 Å². The summed E-state index contributed by atoms with van der Waals surface area (Å²) < 4.78 is 1.31. The molecule has 3 aliphatic carbocycles. The van der Waals surface area contributed by atoms with Gasteiger partial charge in [0, 0.05) is 23.5 Å². The maximum absolute atomic E-state index is 12.1. The fourth-order valence-corrected chi connectivity index (χ4v) is 4.09. The first-order valence-corrected chi connectivity index (χ1v) is 7.80. The van der Waals surface area contributed by atoms with Gasteiger partial charge in [0.25, 0.3) is 0 Å². The first-order chi connectivity index (χ1) is 11.0. The van der Waals surface area contributed by atoms with Crippen LogP contribution in [-0.2, 0) is 4.79 Å². The van der Waals surface area contributed by atoms with Gasteiger partial charge < -0.3 is 10.2 Å². The number of halogens is 1. The summed E-state index contributed by atoms with van der Waals surface area (Å²) in [6.45, 7) is 0. The summed E-state index contributed by atoms with van der Waals surface area (Å²) in [6, 6.07) is 6.64. The van der Waals surface area contributed by atoms with Crippen molar-refractivity contribution in [3.8, 4) is 23.5 Å². The van der Waals surface area contributed by atoms with E-state index >= 15 is 0 Å². The van der Waals surface area contributed by atoms with E-state index in [0.717, 1.165) is 6.42 Å². The first kappa shape index (κ1) is 14.2. The highest BCUT2D eigenvalue weighted by molar-refractivity contribution is 6.31. The molecule has 1 aromatic carbocycles. The Morgan fingerprint density at radius 2 is 1.96 bits per heavy atom. The fourth-order valence-electron chi connectivity index (χ4n) is 3.87. The number of carbonyl (C=O) groups excluding carboxylic acids is 1. The number of benzene rings is 1. The molecular weight excluding hydrogens is 316 g/mol. The van der Waals surface area contributed by atoms with Crippen LogP contribution in [0, 0.1) is 11.3 Å². The molecule has 0 aliphatic heterocycles. The zero-order chi connectivity index (χ0) is 16.3. The minimum Gasteiger partial charge on any atom is -0.494 e. The quantitative estimate of drug-likeness (QED) is 0.840. The Balaban J connectivity index is 1.94. The molecule has 6 heteroatoms. The second kappa shape index (κ2) is 4.77. The molecule has 2 N–H and O–H groups in total. The lowest BCUT2D eigenvalue weighted by molar-refractivity contribution is -0.123. The van der Waals surface area contributed by atoms with Gasteiger partial charge in [-0.1, -0.05) is 11.6 Å². The van der Waals surface area contributed by atoms with Crippen LogP contribution in [0.1, 0.15) is 47.8 Å². The number of Topliss-reactive ketones (excluding diaryl/α,β-unsaturated/α-hetero) is 1. The van der Waals surface area contributed by atoms with Gasteiger partial charge in [0.1, 0.15) is 11.9 Å². The predicted octanol–water partition coefficient (Wildman–Crippen LogP) is 3.35. The number of ketones is 1. The topological polar surface area (TPSA) is 86.2 Å². The van der Waals surface area contributed by atoms with E-state index in [-0.39, 0.29) is 34.4 Å². The van der Waals surface area contributed by atoms with E-state index in [1.165, 1.54) is 16.7 Å². The van der Waals surface area contributed by atoms with Crippen LogP contribution in [0.2, 0.25) is 5.02 Å². The molecule has 1 saturated carbocycles. The van der Waals surface area contributed by atoms with Crippen molar-refractivity contribution in [3.05, 3.63) is 39.9 Å². The summed E-state index contributed by atoms with van der Waals surface area (Å²) in [6.07, 6.45) is 1.97. The highest BCUT2D eigenvalue weighted by atomic mass is 35.5. The molecule has 3 aliphatic rings. The highest BCUT2D eigenvalue weighted by Crippen LogP contribution is 2.55. The summed E-state index contributed by atoms with van der Waals surface area (Å²) in [5.41, 5.74) is 2.01. The smallest absolute Gasteiger partial charge is 0.202 e. The lowest BCUT2D eigenvalue weighted by atomic mass is 9.67. The molecule has 0 amide bonds. The van der Waals surface area contributed by atoms with Crippen LogP contribution < -0.4 is 0 Å². The molecule has 2 bridgehead atoms. The van der Waals surface area contributed by atoms with Gasteiger partial charge in [0.2, 0.25) is 11.8 Å². The van der Waals surface area contributed by atoms with Crippen molar-refractivity contribution in [2.24, 2.45) is 0 Å². The number of hydrogen-bond acceptors (Lipinski definition) is 4. The van der Waals surface area contributed by atoms with Gasteiger partial charge in [0.15, 0.2) is 0 Å². The average molecular weight is 329 g/mol. The van der Waals surface area contributed by atoms with E-state index in [4.69, 9.17) is 16.9 Å². The Bertz CT molecular complexity index is 894. The number of carbonyl (C=O) groups is 1. The van der Waals surface area contributed by atoms with Crippen LogP contribution in [0.4, 0.5) is 0 Å². The van der Waals surface area contributed by atoms with Crippen molar-refractivity contribution in [1.29, 1.82) is 5.26 Å². The Kier molecular flexibility index (Phi) is 2.94. The van der Waals surface area contributed by atoms with Crippen molar-refractivity contribution in [3.63, 3.8) is 0 Å². The Morgan fingerprint density at radius 1 is 1.22 bits per heavy atom. The number of aromatic nitrogens is 1. The first-order valence-electron chi connectivity index (χ1n) is 7.42. The summed E-state index contributed by atoms with van der Waals surface area (Å²) in [7, 11) is 0. The fraction of sp³-hybridized carbons (Fsp3) is 0.294. The lowest BCUT2D eigenvalue weighted by Gasteiger charge is -2.34. The standard InChI is InChI=1S/C17H13ClN2O3/c18-12-6-10(3-1-9(12)7-19)20-16(22)14-8-2-4-11(13(21)5-8)15(14)17(20)23/h1,3,6,8,11,22-23H,2,4-5H2/t8-,11+/m0/s1. The minimum absolute atomic E-state index is 0.0384. The summed E-state index contributed by atoms with van der Waals surface area (Å²) >= 11 is 6.05. The molecule has 0 radical (unpaired) electrons. The maximum Gasteiger partial charge on any atom is 0.202 e. The Morgan fingerprint density at radius 3 is 2.61 bits per heavy atom. The van der Waals surface area contributed by atoms with Gasteiger partial charge in [-0.2, -0.15) is 5.26 Å². The SMILES string of the molecule is N#Cc1ccc(-n2c(O)c3c(c2O)[C@@H]2CC[C@H]3CC2=O)cc1Cl. The molecule has 1 aromatic heterocycles. The largest absolute Gasteiger partial charge is 0.494 e. The van der Waals surface area contributed by atoms with Gasteiger partial charge >= 0.3 is 0 Å². The van der Waals surface area contributed by atoms with Crippen molar-refractivity contribution in [1.82, 2.24) is 4.57 Å². The molecular formula is C17H13ClN2O3. The Hall–Kier alpha value is -2.45. The second-order valence-corrected chi connectivity index (χ2v) is 6.49. The third-order valence-electron chi connectivity index (χ3n) is 4.92. The number of hydrogen-bond donors (Lipinski definition) is 2. The number of nitriles is 1. The monoisotopic (exact) mass is 328 g/mol. The molecule has 0 unspecified atom stereocenters. The van der Waals surface area contributed by atoms with E-state index in [9.17, 15) is 15.0 Å². The normalized spacial score (nSPS) is 22.0. The second-order valence-electron chi connectivity index (χ2n) is 6.08. The highest BCUT2D eigenvalue weighted by Gasteiger charge is 2.45. The van der Waals surface area contributed by atoms with E-state index < -0.39 is 0 Å². The molecule has 2 atom stereocenters. The molecule has 116 valence electrons. The zero-order valence-corrected chi connectivity index (χ0v) is 12.8. The molecule has 1 heterocycles. The molecule has 5 rings (SSSR count). The molecule has 1 fully saturated rings. The van der Waals surface area contributed by atoms with Crippen LogP contribution in [0.3, 0.4) is 0 Å². The molecule has 5 nitrogen and oxygen atoms in total.